The second kappa shape index (κ2) is 7.14. The summed E-state index contributed by atoms with van der Waals surface area (Å²) in [5.74, 6) is -1.02. The van der Waals surface area contributed by atoms with Crippen molar-refractivity contribution in [1.82, 2.24) is 10.2 Å². The highest BCUT2D eigenvalue weighted by atomic mass is 16.4. The molecule has 1 rings (SSSR count). The summed E-state index contributed by atoms with van der Waals surface area (Å²) < 4.78 is 0. The number of unbranched alkanes of at least 4 members (excludes halogenated alkanes) is 2. The van der Waals surface area contributed by atoms with Gasteiger partial charge in [0.1, 0.15) is 0 Å². The zero-order chi connectivity index (χ0) is 12.7. The highest BCUT2D eigenvalue weighted by Crippen LogP contribution is 2.17. The number of aliphatic carboxylic acids is 1. The maximum atomic E-state index is 11.7. The van der Waals surface area contributed by atoms with Gasteiger partial charge in [0.15, 0.2) is 0 Å². The van der Waals surface area contributed by atoms with Crippen LogP contribution in [-0.2, 0) is 4.79 Å². The van der Waals surface area contributed by atoms with Crippen LogP contribution in [0.1, 0.15) is 39.0 Å². The lowest BCUT2D eigenvalue weighted by atomic mass is 9.97. The lowest BCUT2D eigenvalue weighted by Crippen LogP contribution is -2.45. The van der Waals surface area contributed by atoms with E-state index in [0.717, 1.165) is 19.3 Å². The predicted octanol–water partition coefficient (Wildman–Crippen LogP) is 1.68. The summed E-state index contributed by atoms with van der Waals surface area (Å²) in [6, 6.07) is -0.0510. The Morgan fingerprint density at radius 2 is 1.94 bits per heavy atom. The molecule has 0 atom stereocenters. The largest absolute Gasteiger partial charge is 0.481 e. The number of hydrogen-bond donors (Lipinski definition) is 2. The van der Waals surface area contributed by atoms with Gasteiger partial charge in [0.2, 0.25) is 0 Å². The van der Waals surface area contributed by atoms with Gasteiger partial charge in [-0.25, -0.2) is 4.79 Å². The summed E-state index contributed by atoms with van der Waals surface area (Å²) in [7, 11) is 0. The molecule has 98 valence electrons. The van der Waals surface area contributed by atoms with Gasteiger partial charge in [0.05, 0.1) is 5.92 Å². The molecular weight excluding hydrogens is 220 g/mol. The van der Waals surface area contributed by atoms with Crippen molar-refractivity contribution in [2.75, 3.05) is 19.6 Å². The maximum absolute atomic E-state index is 11.7. The van der Waals surface area contributed by atoms with E-state index in [2.05, 4.69) is 12.2 Å². The van der Waals surface area contributed by atoms with E-state index in [0.29, 0.717) is 32.5 Å². The lowest BCUT2D eigenvalue weighted by molar-refractivity contribution is -0.143. The van der Waals surface area contributed by atoms with Crippen LogP contribution in [0.2, 0.25) is 0 Å². The van der Waals surface area contributed by atoms with Gasteiger partial charge >= 0.3 is 12.0 Å². The van der Waals surface area contributed by atoms with Crippen LogP contribution in [0.4, 0.5) is 4.79 Å². The molecule has 5 heteroatoms. The highest BCUT2D eigenvalue weighted by molar-refractivity contribution is 5.75. The van der Waals surface area contributed by atoms with Gasteiger partial charge in [-0.1, -0.05) is 19.8 Å². The Hall–Kier alpha value is -1.26. The van der Waals surface area contributed by atoms with Crippen molar-refractivity contribution in [3.8, 4) is 0 Å². The van der Waals surface area contributed by atoms with Crippen molar-refractivity contribution in [3.05, 3.63) is 0 Å². The number of amides is 2. The number of nitrogens with zero attached hydrogens (tertiary/aromatic N) is 1. The topological polar surface area (TPSA) is 69.6 Å². The van der Waals surface area contributed by atoms with E-state index in [-0.39, 0.29) is 11.9 Å². The third-order valence-corrected chi connectivity index (χ3v) is 3.19. The van der Waals surface area contributed by atoms with E-state index in [4.69, 9.17) is 5.11 Å². The second-order valence-corrected chi connectivity index (χ2v) is 4.54. The summed E-state index contributed by atoms with van der Waals surface area (Å²) in [5, 5.41) is 11.7. The van der Waals surface area contributed by atoms with Crippen molar-refractivity contribution < 1.29 is 14.7 Å². The Kier molecular flexibility index (Phi) is 5.80. The van der Waals surface area contributed by atoms with E-state index in [1.54, 1.807) is 4.90 Å². The van der Waals surface area contributed by atoms with Crippen LogP contribution < -0.4 is 5.32 Å². The van der Waals surface area contributed by atoms with E-state index in [9.17, 15) is 9.59 Å². The number of carbonyl (C=O) groups is 2. The molecule has 0 saturated carbocycles. The predicted molar refractivity (Wildman–Crippen MR) is 64.9 cm³/mol. The normalized spacial score (nSPS) is 16.9. The van der Waals surface area contributed by atoms with E-state index >= 15 is 0 Å². The molecule has 0 aliphatic carbocycles. The van der Waals surface area contributed by atoms with Crippen LogP contribution in [0, 0.1) is 5.92 Å². The third-order valence-electron chi connectivity index (χ3n) is 3.19. The molecule has 0 unspecified atom stereocenters. The van der Waals surface area contributed by atoms with Crippen LogP contribution in [0.15, 0.2) is 0 Å². The number of urea groups is 1. The number of nitrogens with one attached hydrogen (secondary N) is 1. The summed E-state index contributed by atoms with van der Waals surface area (Å²) in [6.07, 6.45) is 4.41. The number of likely N-dealkylation sites (tertiary alicyclic amines) is 1. The first-order valence-corrected chi connectivity index (χ1v) is 6.40. The number of carboxylic acids is 1. The first-order valence-electron chi connectivity index (χ1n) is 6.40. The minimum Gasteiger partial charge on any atom is -0.481 e. The first kappa shape index (κ1) is 13.8. The molecule has 1 saturated heterocycles. The standard InChI is InChI=1S/C12H22N2O3/c1-2-3-4-7-13-12(17)14-8-5-10(6-9-14)11(15)16/h10H,2-9H2,1H3,(H,13,17)(H,15,16). The van der Waals surface area contributed by atoms with Gasteiger partial charge in [-0.3, -0.25) is 4.79 Å². The summed E-state index contributed by atoms with van der Waals surface area (Å²) in [5.41, 5.74) is 0. The molecule has 0 radical (unpaired) electrons. The van der Waals surface area contributed by atoms with Gasteiger partial charge in [-0.15, -0.1) is 0 Å². The Bertz CT molecular complexity index is 260. The highest BCUT2D eigenvalue weighted by Gasteiger charge is 2.26. The van der Waals surface area contributed by atoms with Gasteiger partial charge < -0.3 is 15.3 Å². The van der Waals surface area contributed by atoms with E-state index in [1.807, 2.05) is 0 Å². The van der Waals surface area contributed by atoms with Crippen molar-refractivity contribution in [2.24, 2.45) is 5.92 Å². The number of rotatable bonds is 5. The van der Waals surface area contributed by atoms with Crippen LogP contribution in [0.25, 0.3) is 0 Å². The Morgan fingerprint density at radius 1 is 1.29 bits per heavy atom. The molecule has 1 aliphatic rings. The molecule has 0 aromatic carbocycles. The zero-order valence-electron chi connectivity index (χ0n) is 10.4. The summed E-state index contributed by atoms with van der Waals surface area (Å²) in [4.78, 5) is 24.2. The van der Waals surface area contributed by atoms with Crippen molar-refractivity contribution in [3.63, 3.8) is 0 Å². The Balaban J connectivity index is 2.19. The van der Waals surface area contributed by atoms with Crippen LogP contribution in [0.3, 0.4) is 0 Å². The molecule has 0 bridgehead atoms. The fourth-order valence-electron chi connectivity index (χ4n) is 2.01. The molecule has 0 aromatic rings. The molecule has 2 amide bonds. The maximum Gasteiger partial charge on any atom is 0.317 e. The Morgan fingerprint density at radius 3 is 2.47 bits per heavy atom. The molecule has 0 aromatic heterocycles. The smallest absolute Gasteiger partial charge is 0.317 e. The van der Waals surface area contributed by atoms with Crippen LogP contribution >= 0.6 is 0 Å². The molecule has 0 spiro atoms. The molecule has 1 heterocycles. The van der Waals surface area contributed by atoms with Gasteiger partial charge in [0, 0.05) is 19.6 Å². The molecule has 1 fully saturated rings. The summed E-state index contributed by atoms with van der Waals surface area (Å²) >= 11 is 0. The van der Waals surface area contributed by atoms with Gasteiger partial charge in [-0.05, 0) is 19.3 Å². The SMILES string of the molecule is CCCCCNC(=O)N1CCC(C(=O)O)CC1. The third kappa shape index (κ3) is 4.63. The van der Waals surface area contributed by atoms with Crippen molar-refractivity contribution >= 4 is 12.0 Å². The van der Waals surface area contributed by atoms with Gasteiger partial charge in [-0.2, -0.15) is 0 Å². The van der Waals surface area contributed by atoms with E-state index < -0.39 is 5.97 Å². The number of carboxylic acid groups (broad SMARTS) is 1. The quantitative estimate of drug-likeness (QED) is 0.721. The first-order chi connectivity index (χ1) is 8.15. The fraction of sp³-hybridized carbons (Fsp3) is 0.833. The Labute approximate surface area is 102 Å². The average Bonchev–Trinajstić information content (AvgIpc) is 2.34. The monoisotopic (exact) mass is 242 g/mol. The average molecular weight is 242 g/mol. The van der Waals surface area contributed by atoms with E-state index in [1.165, 1.54) is 0 Å². The lowest BCUT2D eigenvalue weighted by Gasteiger charge is -2.30. The number of carbonyl (C=O) groups excluding carboxylic acids is 1. The molecule has 2 N–H and O–H groups in total. The molecule has 17 heavy (non-hydrogen) atoms. The second-order valence-electron chi connectivity index (χ2n) is 4.54. The fourth-order valence-corrected chi connectivity index (χ4v) is 2.01. The number of hydrogen-bond acceptors (Lipinski definition) is 2. The zero-order valence-corrected chi connectivity index (χ0v) is 10.4. The summed E-state index contributed by atoms with van der Waals surface area (Å²) in [6.45, 7) is 3.94. The van der Waals surface area contributed by atoms with Gasteiger partial charge in [0.25, 0.3) is 0 Å². The van der Waals surface area contributed by atoms with Crippen molar-refractivity contribution in [2.45, 2.75) is 39.0 Å². The molecule has 1 aliphatic heterocycles. The minimum absolute atomic E-state index is 0.0510. The van der Waals surface area contributed by atoms with Crippen LogP contribution in [0.5, 0.6) is 0 Å². The van der Waals surface area contributed by atoms with Crippen LogP contribution in [-0.4, -0.2) is 41.6 Å². The molecular formula is C12H22N2O3. The number of piperidine rings is 1. The minimum atomic E-state index is -0.743. The van der Waals surface area contributed by atoms with Crippen molar-refractivity contribution in [1.29, 1.82) is 0 Å². The molecule has 5 nitrogen and oxygen atoms in total.